The molecule has 0 bridgehead atoms. The van der Waals surface area contributed by atoms with Gasteiger partial charge in [0, 0.05) is 18.0 Å². The number of ether oxygens (including phenoxy) is 3. The molecule has 2 aromatic carbocycles. The zero-order valence-corrected chi connectivity index (χ0v) is 17.9. The fourth-order valence-corrected chi connectivity index (χ4v) is 4.20. The van der Waals surface area contributed by atoms with Crippen molar-refractivity contribution in [1.29, 1.82) is 0 Å². The van der Waals surface area contributed by atoms with Gasteiger partial charge in [0.05, 0.1) is 44.3 Å². The zero-order valence-electron chi connectivity index (χ0n) is 17.9. The molecule has 0 fully saturated rings. The maximum atomic E-state index is 12.9. The molecule has 1 atom stereocenters. The van der Waals surface area contributed by atoms with E-state index in [1.807, 2.05) is 42.5 Å². The molecular weight excluding hydrogens is 382 g/mol. The largest absolute Gasteiger partial charge is 0.497 e. The van der Waals surface area contributed by atoms with Crippen molar-refractivity contribution in [3.63, 3.8) is 0 Å². The predicted octanol–water partition coefficient (Wildman–Crippen LogP) is 4.89. The van der Waals surface area contributed by atoms with Crippen LogP contribution in [-0.2, 0) is 11.3 Å². The maximum absolute atomic E-state index is 12.9. The topological polar surface area (TPSA) is 67.0 Å². The highest BCUT2D eigenvalue weighted by atomic mass is 16.5. The maximum Gasteiger partial charge on any atom is 0.429 e. The van der Waals surface area contributed by atoms with Crippen molar-refractivity contribution < 1.29 is 19.0 Å². The van der Waals surface area contributed by atoms with Crippen LogP contribution in [-0.4, -0.2) is 37.4 Å². The molecule has 3 aromatic rings. The number of hydrazine groups is 1. The van der Waals surface area contributed by atoms with E-state index in [1.165, 1.54) is 7.11 Å². The third-order valence-corrected chi connectivity index (χ3v) is 5.57. The number of amides is 1. The zero-order chi connectivity index (χ0) is 21.4. The number of anilines is 1. The van der Waals surface area contributed by atoms with Crippen LogP contribution in [0.5, 0.6) is 11.5 Å². The predicted molar refractivity (Wildman–Crippen MR) is 116 cm³/mol. The van der Waals surface area contributed by atoms with Gasteiger partial charge >= 0.3 is 6.09 Å². The van der Waals surface area contributed by atoms with Gasteiger partial charge in [-0.25, -0.2) is 9.80 Å². The summed E-state index contributed by atoms with van der Waals surface area (Å²) in [4.78, 5) is 16.4. The van der Waals surface area contributed by atoms with Gasteiger partial charge in [-0.05, 0) is 35.7 Å². The van der Waals surface area contributed by atoms with Gasteiger partial charge in [0.1, 0.15) is 11.5 Å². The smallest absolute Gasteiger partial charge is 0.429 e. The lowest BCUT2D eigenvalue weighted by Gasteiger charge is -2.33. The molecule has 0 saturated carbocycles. The molecule has 7 nitrogen and oxygen atoms in total. The fourth-order valence-electron chi connectivity index (χ4n) is 4.20. The number of benzene rings is 2. The number of hydrogen-bond acceptors (Lipinski definition) is 5. The second-order valence-corrected chi connectivity index (χ2v) is 7.72. The second-order valence-electron chi connectivity index (χ2n) is 7.72. The molecule has 1 amide bonds. The summed E-state index contributed by atoms with van der Waals surface area (Å²) in [7, 11) is 4.70. The van der Waals surface area contributed by atoms with Crippen LogP contribution in [0.4, 0.5) is 10.5 Å². The highest BCUT2D eigenvalue weighted by Gasteiger charge is 2.44. The van der Waals surface area contributed by atoms with Crippen LogP contribution in [0.25, 0.3) is 10.9 Å². The van der Waals surface area contributed by atoms with Crippen molar-refractivity contribution in [3.8, 4) is 11.5 Å². The highest BCUT2D eigenvalue weighted by Crippen LogP contribution is 2.48. The van der Waals surface area contributed by atoms with E-state index < -0.39 is 6.09 Å². The van der Waals surface area contributed by atoms with Gasteiger partial charge in [-0.1, -0.05) is 26.0 Å². The minimum atomic E-state index is -0.412. The molecule has 2 heterocycles. The van der Waals surface area contributed by atoms with E-state index in [4.69, 9.17) is 14.2 Å². The van der Waals surface area contributed by atoms with Gasteiger partial charge in [0.25, 0.3) is 0 Å². The van der Waals surface area contributed by atoms with Gasteiger partial charge in [0.2, 0.25) is 0 Å². The van der Waals surface area contributed by atoms with Gasteiger partial charge in [-0.15, -0.1) is 0 Å². The van der Waals surface area contributed by atoms with E-state index in [9.17, 15) is 4.79 Å². The average molecular weight is 409 g/mol. The van der Waals surface area contributed by atoms with E-state index in [1.54, 1.807) is 19.2 Å². The monoisotopic (exact) mass is 409 g/mol. The SMILES string of the molecule is COC(=O)N1c2c([nH]c3cc(OC)ccc23)C(C(C)C)N1Cc1ccc(OC)cc1. The number of aromatic amines is 1. The quantitative estimate of drug-likeness (QED) is 0.650. The Labute approximate surface area is 176 Å². The molecule has 1 aliphatic heterocycles. The molecular formula is C23H27N3O4. The summed E-state index contributed by atoms with van der Waals surface area (Å²) in [5, 5.41) is 4.69. The third kappa shape index (κ3) is 3.25. The Balaban J connectivity index is 1.82. The summed E-state index contributed by atoms with van der Waals surface area (Å²) in [5.74, 6) is 1.82. The van der Waals surface area contributed by atoms with Gasteiger partial charge in [0.15, 0.2) is 0 Å². The van der Waals surface area contributed by atoms with Crippen LogP contribution in [0, 0.1) is 5.92 Å². The molecule has 1 aliphatic rings. The number of methoxy groups -OCH3 is 3. The molecule has 4 rings (SSSR count). The van der Waals surface area contributed by atoms with Crippen molar-refractivity contribution in [2.24, 2.45) is 5.92 Å². The van der Waals surface area contributed by atoms with Crippen LogP contribution in [0.2, 0.25) is 0 Å². The van der Waals surface area contributed by atoms with Crippen molar-refractivity contribution in [1.82, 2.24) is 9.99 Å². The van der Waals surface area contributed by atoms with Crippen LogP contribution < -0.4 is 14.5 Å². The Morgan fingerprint density at radius 2 is 1.70 bits per heavy atom. The summed E-state index contributed by atoms with van der Waals surface area (Å²) in [5.41, 5.74) is 3.85. The second kappa shape index (κ2) is 7.91. The van der Waals surface area contributed by atoms with Gasteiger partial charge < -0.3 is 19.2 Å². The van der Waals surface area contributed by atoms with Crippen LogP contribution >= 0.6 is 0 Å². The number of hydrogen-bond donors (Lipinski definition) is 1. The fraction of sp³-hybridized carbons (Fsp3) is 0.348. The summed E-state index contributed by atoms with van der Waals surface area (Å²) in [6.45, 7) is 4.87. The van der Waals surface area contributed by atoms with E-state index in [-0.39, 0.29) is 12.0 Å². The molecule has 1 N–H and O–H groups in total. The van der Waals surface area contributed by atoms with Gasteiger partial charge in [-0.2, -0.15) is 5.01 Å². The number of carbonyl (C=O) groups is 1. The molecule has 7 heteroatoms. The molecule has 30 heavy (non-hydrogen) atoms. The number of rotatable bonds is 5. The minimum absolute atomic E-state index is 0.0143. The van der Waals surface area contributed by atoms with Crippen molar-refractivity contribution in [2.75, 3.05) is 26.3 Å². The number of aromatic nitrogens is 1. The van der Waals surface area contributed by atoms with E-state index in [2.05, 4.69) is 23.8 Å². The van der Waals surface area contributed by atoms with Gasteiger partial charge in [-0.3, -0.25) is 0 Å². The summed E-state index contributed by atoms with van der Waals surface area (Å²) >= 11 is 0. The number of nitrogens with one attached hydrogen (secondary N) is 1. The van der Waals surface area contributed by atoms with E-state index in [0.717, 1.165) is 39.3 Å². The van der Waals surface area contributed by atoms with Crippen molar-refractivity contribution in [3.05, 3.63) is 53.7 Å². The Bertz CT molecular complexity index is 1060. The van der Waals surface area contributed by atoms with E-state index in [0.29, 0.717) is 6.54 Å². The Kier molecular flexibility index (Phi) is 5.30. The van der Waals surface area contributed by atoms with Crippen LogP contribution in [0.3, 0.4) is 0 Å². The lowest BCUT2D eigenvalue weighted by molar-refractivity contribution is 0.118. The Morgan fingerprint density at radius 1 is 1.03 bits per heavy atom. The molecule has 0 aliphatic carbocycles. The number of fused-ring (bicyclic) bond motifs is 3. The van der Waals surface area contributed by atoms with Crippen LogP contribution in [0.1, 0.15) is 31.1 Å². The van der Waals surface area contributed by atoms with Crippen molar-refractivity contribution in [2.45, 2.75) is 26.4 Å². The highest BCUT2D eigenvalue weighted by molar-refractivity contribution is 6.04. The first-order valence-corrected chi connectivity index (χ1v) is 9.95. The number of H-pyrrole nitrogens is 1. The van der Waals surface area contributed by atoms with Crippen LogP contribution in [0.15, 0.2) is 42.5 Å². The normalized spacial score (nSPS) is 16.2. The summed E-state index contributed by atoms with van der Waals surface area (Å²) < 4.78 is 15.8. The Hall–Kier alpha value is -3.19. The standard InChI is InChI=1S/C23H27N3O4/c1-14(2)21-20-22(18-11-10-17(29-4)12-19(18)24-20)26(23(27)30-5)25(21)13-15-6-8-16(28-3)9-7-15/h6-12,14,21,24H,13H2,1-5H3. The molecule has 0 radical (unpaired) electrons. The average Bonchev–Trinajstić information content (AvgIpc) is 3.26. The summed E-state index contributed by atoms with van der Waals surface area (Å²) in [6, 6.07) is 13.7. The first-order chi connectivity index (χ1) is 14.5. The molecule has 1 aromatic heterocycles. The first-order valence-electron chi connectivity index (χ1n) is 9.95. The lowest BCUT2D eigenvalue weighted by Crippen LogP contribution is -2.44. The molecule has 1 unspecified atom stereocenters. The molecule has 158 valence electrons. The number of nitrogens with zero attached hydrogens (tertiary/aromatic N) is 2. The summed E-state index contributed by atoms with van der Waals surface area (Å²) in [6.07, 6.45) is -0.412. The molecule has 0 saturated heterocycles. The lowest BCUT2D eigenvalue weighted by atomic mass is 10.0. The minimum Gasteiger partial charge on any atom is -0.497 e. The number of carbonyl (C=O) groups excluding carboxylic acids is 1. The third-order valence-electron chi connectivity index (χ3n) is 5.57. The first kappa shape index (κ1) is 20.1. The van der Waals surface area contributed by atoms with Crippen molar-refractivity contribution >= 4 is 22.7 Å². The van der Waals surface area contributed by atoms with E-state index >= 15 is 0 Å². The molecule has 0 spiro atoms. The Morgan fingerprint density at radius 3 is 2.30 bits per heavy atom.